The van der Waals surface area contributed by atoms with E-state index in [0.29, 0.717) is 26.3 Å². The van der Waals surface area contributed by atoms with Crippen LogP contribution in [0.2, 0.25) is 5.02 Å². The standard InChI is InChI=1S/C22H26N2O4S.C21H27ClN2O2.C13H17N5O8S2/c1-15(25)28-20-21(16-9-11-17(27-4)12-10-16)29-19-8-6-5-7-18(19)24(22(20)26)14-13-23(2)3;22-20-8-6-19(7-9-20)21(18-4-2-1-3-5-18)24-12-10-23(11-13-24)14-16-26-17-15-25;1-5-7(10(20)18(5)28(23,24)25)16-9(19)8(6-4-27-12(14)15-6)17-26-13(2,3)11(21)22/h5-12,20-21H,13-14H2,1-4H3;1-9,21,25H,10-17H2;4-5,7H,1-3H3,(H2,14,15)(H,16,19)(H,21,22)(H,23,24,25)/b;;17-8-/t20-,21+;;5-,7-/m1.0/s1. The summed E-state index contributed by atoms with van der Waals surface area (Å²) >= 11 is 8.61. The number of carboxylic acid groups (broad SMARTS) is 1. The molecule has 4 heterocycles. The second-order valence-electron chi connectivity index (χ2n) is 19.9. The molecule has 5 aromatic rings. The molecule has 8 rings (SSSR count). The fourth-order valence-electron chi connectivity index (χ4n) is 8.85. The second-order valence-corrected chi connectivity index (χ2v) is 23.7. The molecule has 6 N–H and O–H groups in total. The van der Waals surface area contributed by atoms with Gasteiger partial charge in [-0.25, -0.2) is 14.1 Å². The lowest BCUT2D eigenvalue weighted by atomic mass is 9.96. The van der Waals surface area contributed by atoms with Crippen LogP contribution in [0.4, 0.5) is 10.8 Å². The van der Waals surface area contributed by atoms with Crippen LogP contribution in [-0.2, 0) is 48.6 Å². The summed E-state index contributed by atoms with van der Waals surface area (Å²) in [5.41, 5.74) is 7.60. The molecule has 2 saturated heterocycles. The van der Waals surface area contributed by atoms with Gasteiger partial charge in [-0.3, -0.25) is 33.5 Å². The third-order valence-electron chi connectivity index (χ3n) is 13.3. The number of ether oxygens (including phenoxy) is 3. The quantitative estimate of drug-likeness (QED) is 0.0156. The molecule has 4 aromatic carbocycles. The number of halogens is 1. The Kier molecular flexibility index (Phi) is 23.8. The van der Waals surface area contributed by atoms with Gasteiger partial charge in [-0.15, -0.1) is 23.1 Å². The van der Waals surface area contributed by atoms with Crippen molar-refractivity contribution in [1.82, 2.24) is 29.3 Å². The summed E-state index contributed by atoms with van der Waals surface area (Å²) in [6.07, 6.45) is -0.916. The number of aliphatic hydroxyl groups is 1. The zero-order valence-corrected chi connectivity index (χ0v) is 50.2. The van der Waals surface area contributed by atoms with Crippen molar-refractivity contribution in [2.45, 2.75) is 67.7 Å². The first-order valence-corrected chi connectivity index (χ1v) is 29.8. The Hall–Kier alpha value is -6.72. The van der Waals surface area contributed by atoms with Crippen LogP contribution < -0.4 is 20.7 Å². The van der Waals surface area contributed by atoms with Crippen LogP contribution in [0.5, 0.6) is 5.75 Å². The van der Waals surface area contributed by atoms with Gasteiger partial charge in [-0.2, -0.15) is 8.42 Å². The zero-order valence-electron chi connectivity index (χ0n) is 47.0. The molecule has 27 heteroatoms. The Bertz CT molecular complexity index is 3130. The molecule has 1 aromatic heterocycles. The van der Waals surface area contributed by atoms with Crippen molar-refractivity contribution in [3.63, 3.8) is 0 Å². The number of β-lactam (4-membered cyclic amide) rings is 1. The van der Waals surface area contributed by atoms with Crippen LogP contribution in [0.3, 0.4) is 0 Å². The van der Waals surface area contributed by atoms with E-state index in [0.717, 1.165) is 71.0 Å². The molecule has 3 aliphatic rings. The van der Waals surface area contributed by atoms with E-state index in [9.17, 15) is 32.4 Å². The molecule has 2 fully saturated rings. The highest BCUT2D eigenvalue weighted by Crippen LogP contribution is 2.47. The number of esters is 1. The summed E-state index contributed by atoms with van der Waals surface area (Å²) < 4.78 is 47.7. The first-order chi connectivity index (χ1) is 39.4. The molecular formula is C56H70ClN9O14S3. The number of nitrogens with zero attached hydrogens (tertiary/aromatic N) is 7. The van der Waals surface area contributed by atoms with Gasteiger partial charge >= 0.3 is 22.2 Å². The summed E-state index contributed by atoms with van der Waals surface area (Å²) in [5.74, 6) is -3.32. The van der Waals surface area contributed by atoms with Gasteiger partial charge in [-0.05, 0) is 88.0 Å². The largest absolute Gasteiger partial charge is 0.497 e. The second kappa shape index (κ2) is 30.2. The maximum Gasteiger partial charge on any atom is 0.362 e. The third kappa shape index (κ3) is 17.9. The van der Waals surface area contributed by atoms with Gasteiger partial charge in [0.1, 0.15) is 17.5 Å². The van der Waals surface area contributed by atoms with Crippen LogP contribution in [-0.4, -0.2) is 193 Å². The fraction of sp³-hybridized carbons (Fsp3) is 0.411. The monoisotopic (exact) mass is 1220 g/mol. The van der Waals surface area contributed by atoms with Gasteiger partial charge in [0.05, 0.1) is 50.0 Å². The van der Waals surface area contributed by atoms with Crippen molar-refractivity contribution in [3.05, 3.63) is 136 Å². The average molecular weight is 1220 g/mol. The Balaban J connectivity index is 0.000000200. The van der Waals surface area contributed by atoms with Crippen LogP contribution in [0.1, 0.15) is 61.4 Å². The number of carbonyl (C=O) groups excluding carboxylic acids is 4. The number of rotatable bonds is 21. The number of nitrogen functional groups attached to an aromatic ring is 1. The van der Waals surface area contributed by atoms with Crippen molar-refractivity contribution in [2.24, 2.45) is 5.16 Å². The Morgan fingerprint density at radius 3 is 2.12 bits per heavy atom. The highest BCUT2D eigenvalue weighted by atomic mass is 35.5. The number of methoxy groups -OCH3 is 1. The van der Waals surface area contributed by atoms with Crippen molar-refractivity contribution in [2.75, 3.05) is 97.5 Å². The van der Waals surface area contributed by atoms with Crippen molar-refractivity contribution < 1.29 is 66.2 Å². The number of carbonyl (C=O) groups is 5. The van der Waals surface area contributed by atoms with E-state index < -0.39 is 63.6 Å². The van der Waals surface area contributed by atoms with Crippen molar-refractivity contribution in [1.29, 1.82) is 0 Å². The van der Waals surface area contributed by atoms with Gasteiger partial charge in [0.15, 0.2) is 16.9 Å². The molecule has 0 aliphatic carbocycles. The summed E-state index contributed by atoms with van der Waals surface area (Å²) in [5, 5.41) is 25.5. The number of nitrogens with one attached hydrogen (secondary N) is 1. The SMILES string of the molecule is COc1ccc([C@@H]2Sc3ccccc3N(CCN(C)C)C(=O)[C@@H]2OC(C)=O)cc1.C[C@H]1[C@H](NC(=O)/C(=N\OC(C)(C)C(=O)O)c2csc(N)n2)C(=O)N1S(=O)(=O)O.OCCOCCN1CCN(C(c2ccccc2)c2ccc(Cl)cc2)CC1. The minimum absolute atomic E-state index is 0.0350. The number of carboxylic acids is 1. The Morgan fingerprint density at radius 2 is 1.55 bits per heavy atom. The maximum atomic E-state index is 13.6. The highest BCUT2D eigenvalue weighted by molar-refractivity contribution is 7.99. The van der Waals surface area contributed by atoms with Gasteiger partial charge in [0.2, 0.25) is 5.60 Å². The Morgan fingerprint density at radius 1 is 0.916 bits per heavy atom. The lowest BCUT2D eigenvalue weighted by molar-refractivity contribution is -0.161. The lowest BCUT2D eigenvalue weighted by Crippen LogP contribution is -2.71. The Labute approximate surface area is 496 Å². The number of benzene rings is 4. The molecule has 0 spiro atoms. The zero-order chi connectivity index (χ0) is 60.6. The predicted octanol–water partition coefficient (Wildman–Crippen LogP) is 5.25. The van der Waals surface area contributed by atoms with Crippen LogP contribution >= 0.6 is 34.7 Å². The minimum atomic E-state index is -4.76. The molecule has 448 valence electrons. The number of hydrogen-bond acceptors (Lipinski definition) is 20. The topological polar surface area (TPSA) is 297 Å². The van der Waals surface area contributed by atoms with E-state index in [1.54, 1.807) is 23.8 Å². The molecular weight excluding hydrogens is 1150 g/mol. The van der Waals surface area contributed by atoms with Crippen LogP contribution in [0, 0.1) is 0 Å². The van der Waals surface area contributed by atoms with Crippen LogP contribution in [0.25, 0.3) is 0 Å². The van der Waals surface area contributed by atoms with Gasteiger partial charge in [-0.1, -0.05) is 83.5 Å². The number of aromatic nitrogens is 1. The van der Waals surface area contributed by atoms with Crippen molar-refractivity contribution >= 4 is 91.2 Å². The predicted molar refractivity (Wildman–Crippen MR) is 316 cm³/mol. The van der Waals surface area contributed by atoms with E-state index in [-0.39, 0.29) is 38.9 Å². The maximum absolute atomic E-state index is 13.6. The number of hydrogen-bond donors (Lipinski definition) is 5. The molecule has 0 bridgehead atoms. The third-order valence-corrected chi connectivity index (χ3v) is 16.6. The summed E-state index contributed by atoms with van der Waals surface area (Å²) in [7, 11) is 0.784. The summed E-state index contributed by atoms with van der Waals surface area (Å²) in [6.45, 7) is 12.4. The molecule has 0 saturated carbocycles. The fourth-order valence-corrected chi connectivity index (χ4v) is 11.7. The molecule has 23 nitrogen and oxygen atoms in total. The first-order valence-electron chi connectivity index (χ1n) is 26.2. The van der Waals surface area contributed by atoms with Crippen LogP contribution in [0.15, 0.2) is 119 Å². The van der Waals surface area contributed by atoms with Crippen molar-refractivity contribution in [3.8, 4) is 5.75 Å². The number of para-hydroxylation sites is 1. The van der Waals surface area contributed by atoms with Gasteiger partial charge in [0, 0.05) is 68.0 Å². The van der Waals surface area contributed by atoms with Gasteiger partial charge < -0.3 is 50.1 Å². The number of oxime groups is 1. The number of piperazine rings is 1. The number of thioether (sulfide) groups is 1. The summed E-state index contributed by atoms with van der Waals surface area (Å²) in [4.78, 5) is 79.5. The number of likely N-dealkylation sites (N-methyl/N-ethyl adjacent to an activating group) is 1. The number of aliphatic carboxylic acids is 1. The number of thiazole rings is 1. The van der Waals surface area contributed by atoms with E-state index in [1.807, 2.05) is 79.7 Å². The number of anilines is 2. The van der Waals surface area contributed by atoms with E-state index in [2.05, 4.69) is 67.7 Å². The molecule has 3 amide bonds. The molecule has 3 aliphatic heterocycles. The van der Waals surface area contributed by atoms with E-state index in [1.165, 1.54) is 44.2 Å². The average Bonchev–Trinajstić information content (AvgIpc) is 3.86. The number of amides is 3. The lowest BCUT2D eigenvalue weighted by Gasteiger charge is -2.42. The molecule has 5 atom stereocenters. The van der Waals surface area contributed by atoms with E-state index >= 15 is 0 Å². The number of aliphatic hydroxyl groups excluding tert-OH is 1. The number of fused-ring (bicyclic) bond motifs is 1. The molecule has 0 radical (unpaired) electrons. The normalized spacial score (nSPS) is 19.0. The number of nitrogens with two attached hydrogens (primary N) is 1. The van der Waals surface area contributed by atoms with Gasteiger partial charge in [0.25, 0.3) is 17.7 Å². The molecule has 1 unspecified atom stereocenters. The molecule has 83 heavy (non-hydrogen) atoms. The highest BCUT2D eigenvalue weighted by Gasteiger charge is 2.52. The van der Waals surface area contributed by atoms with E-state index in [4.69, 9.17) is 51.1 Å². The smallest absolute Gasteiger partial charge is 0.362 e. The first kappa shape index (κ1) is 65.4. The summed E-state index contributed by atoms with van der Waals surface area (Å²) in [6, 6.07) is 32.2. The minimum Gasteiger partial charge on any atom is -0.497 e.